The van der Waals surface area contributed by atoms with Gasteiger partial charge in [0, 0.05) is 31.7 Å². The maximum atomic E-state index is 12.6. The van der Waals surface area contributed by atoms with Crippen LogP contribution in [0, 0.1) is 0 Å². The number of hydrogen-bond donors (Lipinski definition) is 1. The zero-order valence-corrected chi connectivity index (χ0v) is 16.6. The van der Waals surface area contributed by atoms with Gasteiger partial charge in [-0.15, -0.1) is 0 Å². The lowest BCUT2D eigenvalue weighted by Crippen LogP contribution is -2.58. The molecule has 6 nitrogen and oxygen atoms in total. The number of piperidine rings is 1. The number of hydrogen-bond acceptors (Lipinski definition) is 4. The smallest absolute Gasteiger partial charge is 0.410 e. The maximum Gasteiger partial charge on any atom is 0.410 e. The van der Waals surface area contributed by atoms with Gasteiger partial charge >= 0.3 is 6.09 Å². The molecule has 0 aromatic heterocycles. The average Bonchev–Trinajstić information content (AvgIpc) is 2.43. The highest BCUT2D eigenvalue weighted by molar-refractivity contribution is 5.85. The van der Waals surface area contributed by atoms with Crippen LogP contribution in [-0.2, 0) is 9.53 Å². The zero-order valence-electron chi connectivity index (χ0n) is 16.6. The molecule has 0 aromatic carbocycles. The van der Waals surface area contributed by atoms with Crippen molar-refractivity contribution in [2.75, 3.05) is 20.1 Å². The third kappa shape index (κ3) is 5.96. The molecule has 1 saturated heterocycles. The van der Waals surface area contributed by atoms with Crippen molar-refractivity contribution in [3.8, 4) is 0 Å². The normalized spacial score (nSPS) is 19.7. The first kappa shape index (κ1) is 20.7. The standard InChI is InChI=1S/C18H35N3O3/c1-13(2)21-11-9-18(7,10-12-21)19-15(22)14(3)20(8)16(23)24-17(4,5)6/h13-14H,9-12H2,1-8H3,(H,19,22). The molecule has 1 N–H and O–H groups in total. The highest BCUT2D eigenvalue weighted by Gasteiger charge is 2.35. The van der Waals surface area contributed by atoms with Gasteiger partial charge < -0.3 is 15.0 Å². The molecular weight excluding hydrogens is 306 g/mol. The molecule has 0 aromatic rings. The Balaban J connectivity index is 2.59. The molecule has 0 saturated carbocycles. The zero-order chi connectivity index (χ0) is 18.7. The predicted octanol–water partition coefficient (Wildman–Crippen LogP) is 2.62. The van der Waals surface area contributed by atoms with Gasteiger partial charge in [-0.25, -0.2) is 4.79 Å². The van der Waals surface area contributed by atoms with Crippen LogP contribution in [0.4, 0.5) is 4.79 Å². The van der Waals surface area contributed by atoms with Gasteiger partial charge in [0.25, 0.3) is 0 Å². The Hall–Kier alpha value is -1.30. The summed E-state index contributed by atoms with van der Waals surface area (Å²) in [6.45, 7) is 15.6. The molecule has 1 unspecified atom stereocenters. The van der Waals surface area contributed by atoms with Crippen molar-refractivity contribution in [2.45, 2.75) is 84.5 Å². The van der Waals surface area contributed by atoms with Crippen LogP contribution in [0.15, 0.2) is 0 Å². The average molecular weight is 341 g/mol. The first-order valence-corrected chi connectivity index (χ1v) is 8.86. The van der Waals surface area contributed by atoms with Crippen LogP contribution in [0.1, 0.15) is 61.3 Å². The van der Waals surface area contributed by atoms with E-state index in [4.69, 9.17) is 4.74 Å². The summed E-state index contributed by atoms with van der Waals surface area (Å²) in [6, 6.07) is -0.0396. The maximum absolute atomic E-state index is 12.6. The monoisotopic (exact) mass is 341 g/mol. The molecule has 0 spiro atoms. The second-order valence-corrected chi connectivity index (χ2v) is 8.45. The van der Waals surface area contributed by atoms with Crippen molar-refractivity contribution in [1.29, 1.82) is 0 Å². The third-order valence-corrected chi connectivity index (χ3v) is 4.70. The molecule has 2 amide bonds. The Morgan fingerprint density at radius 1 is 1.17 bits per heavy atom. The fourth-order valence-corrected chi connectivity index (χ4v) is 2.73. The lowest BCUT2D eigenvalue weighted by molar-refractivity contribution is -0.127. The van der Waals surface area contributed by atoms with E-state index in [9.17, 15) is 9.59 Å². The lowest BCUT2D eigenvalue weighted by Gasteiger charge is -2.42. The Kier molecular flexibility index (Phi) is 6.67. The number of likely N-dealkylation sites (N-methyl/N-ethyl adjacent to an activating group) is 1. The second kappa shape index (κ2) is 7.72. The minimum atomic E-state index is -0.572. The largest absolute Gasteiger partial charge is 0.444 e. The van der Waals surface area contributed by atoms with Gasteiger partial charge in [-0.3, -0.25) is 9.69 Å². The summed E-state index contributed by atoms with van der Waals surface area (Å²) in [5.41, 5.74) is -0.789. The van der Waals surface area contributed by atoms with E-state index in [0.29, 0.717) is 6.04 Å². The number of nitrogens with one attached hydrogen (secondary N) is 1. The molecule has 24 heavy (non-hydrogen) atoms. The van der Waals surface area contributed by atoms with E-state index in [1.54, 1.807) is 14.0 Å². The van der Waals surface area contributed by atoms with Gasteiger partial charge in [0.05, 0.1) is 0 Å². The van der Waals surface area contributed by atoms with Crippen LogP contribution in [-0.4, -0.2) is 65.2 Å². The molecule has 1 aliphatic rings. The van der Waals surface area contributed by atoms with Crippen LogP contribution < -0.4 is 5.32 Å². The van der Waals surface area contributed by atoms with Gasteiger partial charge in [0.2, 0.25) is 5.91 Å². The highest BCUT2D eigenvalue weighted by Crippen LogP contribution is 2.23. The Morgan fingerprint density at radius 3 is 2.08 bits per heavy atom. The minimum absolute atomic E-state index is 0.135. The summed E-state index contributed by atoms with van der Waals surface area (Å²) in [5.74, 6) is -0.135. The number of carbonyl (C=O) groups is 2. The molecule has 140 valence electrons. The van der Waals surface area contributed by atoms with Gasteiger partial charge in [0.15, 0.2) is 0 Å². The fraction of sp³-hybridized carbons (Fsp3) is 0.889. The molecule has 1 heterocycles. The molecular formula is C18H35N3O3. The quantitative estimate of drug-likeness (QED) is 0.854. The number of likely N-dealkylation sites (tertiary alicyclic amines) is 1. The SMILES string of the molecule is CC(C)N1CCC(C)(NC(=O)C(C)N(C)C(=O)OC(C)(C)C)CC1. The summed E-state index contributed by atoms with van der Waals surface area (Å²) >= 11 is 0. The highest BCUT2D eigenvalue weighted by atomic mass is 16.6. The molecule has 1 fully saturated rings. The van der Waals surface area contributed by atoms with Crippen LogP contribution in [0.2, 0.25) is 0 Å². The van der Waals surface area contributed by atoms with Crippen LogP contribution >= 0.6 is 0 Å². The number of amides is 2. The topological polar surface area (TPSA) is 61.9 Å². The third-order valence-electron chi connectivity index (χ3n) is 4.70. The summed E-state index contributed by atoms with van der Waals surface area (Å²) in [7, 11) is 1.60. The molecule has 0 radical (unpaired) electrons. The van der Waals surface area contributed by atoms with E-state index in [1.807, 2.05) is 20.8 Å². The predicted molar refractivity (Wildman–Crippen MR) is 95.9 cm³/mol. The molecule has 6 heteroatoms. The summed E-state index contributed by atoms with van der Waals surface area (Å²) < 4.78 is 5.33. The van der Waals surface area contributed by atoms with E-state index in [2.05, 4.69) is 31.0 Å². The number of nitrogens with zero attached hydrogens (tertiary/aromatic N) is 2. The first-order chi connectivity index (χ1) is 10.8. The van der Waals surface area contributed by atoms with Gasteiger partial charge in [-0.2, -0.15) is 0 Å². The van der Waals surface area contributed by atoms with E-state index in [1.165, 1.54) is 4.90 Å². The van der Waals surface area contributed by atoms with Gasteiger partial charge in [-0.05, 0) is 61.3 Å². The van der Waals surface area contributed by atoms with Crippen molar-refractivity contribution in [2.24, 2.45) is 0 Å². The van der Waals surface area contributed by atoms with Crippen LogP contribution in [0.25, 0.3) is 0 Å². The number of carbonyl (C=O) groups excluding carboxylic acids is 2. The molecule has 1 aliphatic heterocycles. The molecule has 1 atom stereocenters. The summed E-state index contributed by atoms with van der Waals surface area (Å²) in [4.78, 5) is 28.5. The second-order valence-electron chi connectivity index (χ2n) is 8.45. The van der Waals surface area contributed by atoms with E-state index < -0.39 is 17.7 Å². The number of ether oxygens (including phenoxy) is 1. The van der Waals surface area contributed by atoms with Crippen molar-refractivity contribution in [3.05, 3.63) is 0 Å². The Labute approximate surface area is 146 Å². The molecule has 0 bridgehead atoms. The fourth-order valence-electron chi connectivity index (χ4n) is 2.73. The van der Waals surface area contributed by atoms with Crippen molar-refractivity contribution < 1.29 is 14.3 Å². The van der Waals surface area contributed by atoms with Crippen LogP contribution in [0.5, 0.6) is 0 Å². The summed E-state index contributed by atoms with van der Waals surface area (Å²) in [6.07, 6.45) is 1.35. The Morgan fingerprint density at radius 2 is 1.67 bits per heavy atom. The van der Waals surface area contributed by atoms with E-state index in [0.717, 1.165) is 25.9 Å². The lowest BCUT2D eigenvalue weighted by atomic mass is 9.88. The van der Waals surface area contributed by atoms with Crippen molar-refractivity contribution in [1.82, 2.24) is 15.1 Å². The van der Waals surface area contributed by atoms with Crippen molar-refractivity contribution in [3.63, 3.8) is 0 Å². The Bertz CT molecular complexity index is 449. The van der Waals surface area contributed by atoms with Crippen molar-refractivity contribution >= 4 is 12.0 Å². The minimum Gasteiger partial charge on any atom is -0.444 e. The van der Waals surface area contributed by atoms with Gasteiger partial charge in [0.1, 0.15) is 11.6 Å². The number of rotatable bonds is 4. The molecule has 1 rings (SSSR count). The molecule has 0 aliphatic carbocycles. The van der Waals surface area contributed by atoms with E-state index in [-0.39, 0.29) is 11.4 Å². The van der Waals surface area contributed by atoms with E-state index >= 15 is 0 Å². The summed E-state index contributed by atoms with van der Waals surface area (Å²) in [5, 5.41) is 3.14. The van der Waals surface area contributed by atoms with Crippen LogP contribution in [0.3, 0.4) is 0 Å². The van der Waals surface area contributed by atoms with Gasteiger partial charge in [-0.1, -0.05) is 0 Å². The first-order valence-electron chi connectivity index (χ1n) is 8.86.